The van der Waals surface area contributed by atoms with Crippen molar-refractivity contribution < 1.29 is 18.6 Å². The van der Waals surface area contributed by atoms with Gasteiger partial charge in [-0.25, -0.2) is 18.1 Å². The van der Waals surface area contributed by atoms with E-state index in [1.807, 2.05) is 18.6 Å². The van der Waals surface area contributed by atoms with Gasteiger partial charge in [-0.15, -0.1) is 0 Å². The number of rotatable bonds is 0. The Morgan fingerprint density at radius 3 is 1.89 bits per heavy atom. The Kier molecular flexibility index (Phi) is 7.88. The quantitative estimate of drug-likeness (QED) is 0.474. The molecule has 9 heavy (non-hydrogen) atoms. The average Bonchev–Trinajstić information content (AvgIpc) is 1.69. The summed E-state index contributed by atoms with van der Waals surface area (Å²) in [4.78, 5) is 0. The molecule has 0 bridgehead atoms. The minimum absolute atomic E-state index is 0. The molecule has 0 fully saturated rings. The number of hydrogen-bond donors (Lipinski definition) is 0. The molecule has 1 heteroatoms. The second-order valence-electron chi connectivity index (χ2n) is 1.63. The standard InChI is InChI=1S/C7H8.CH3.V/c1-7-5-3-2-4-6-7;;/h2-7H,1H2;1H3;/q-2;-1;. The van der Waals surface area contributed by atoms with Gasteiger partial charge in [0, 0.05) is 18.6 Å². The predicted molar refractivity (Wildman–Crippen MR) is 37.8 cm³/mol. The maximum Gasteiger partial charge on any atom is 0 e. The Labute approximate surface area is 69.9 Å². The maximum atomic E-state index is 3.80. The van der Waals surface area contributed by atoms with Gasteiger partial charge in [-0.1, -0.05) is 0 Å². The van der Waals surface area contributed by atoms with Crippen molar-refractivity contribution in [3.63, 3.8) is 0 Å². The van der Waals surface area contributed by atoms with Gasteiger partial charge in [0.1, 0.15) is 0 Å². The molecule has 1 aliphatic carbocycles. The first-order valence-corrected chi connectivity index (χ1v) is 2.41. The van der Waals surface area contributed by atoms with E-state index in [9.17, 15) is 0 Å². The van der Waals surface area contributed by atoms with Gasteiger partial charge in [-0.2, -0.15) is 18.6 Å². The fourth-order valence-electron chi connectivity index (χ4n) is 0.542. The normalized spacial score (nSPS) is 15.2. The van der Waals surface area contributed by atoms with Gasteiger partial charge in [0.05, 0.1) is 0 Å². The number of allylic oxidation sites excluding steroid dienone is 4. The molecule has 0 saturated carbocycles. The van der Waals surface area contributed by atoms with Gasteiger partial charge in [0.2, 0.25) is 0 Å². The molecule has 51 valence electrons. The van der Waals surface area contributed by atoms with Gasteiger partial charge in [0.25, 0.3) is 0 Å². The van der Waals surface area contributed by atoms with E-state index >= 15 is 0 Å². The summed E-state index contributed by atoms with van der Waals surface area (Å²) in [6.07, 6.45) is 10.1. The topological polar surface area (TPSA) is 0 Å². The molecule has 0 amide bonds. The molecule has 0 spiro atoms. The minimum Gasteiger partial charge on any atom is -0.358 e. The summed E-state index contributed by atoms with van der Waals surface area (Å²) in [5.74, 6) is 0.394. The monoisotopic (exact) mass is 158 g/mol. The van der Waals surface area contributed by atoms with Crippen molar-refractivity contribution in [2.75, 3.05) is 0 Å². The average molecular weight is 158 g/mol. The Morgan fingerprint density at radius 1 is 1.22 bits per heavy atom. The zero-order chi connectivity index (χ0) is 5.11. The van der Waals surface area contributed by atoms with Crippen LogP contribution < -0.4 is 0 Å². The van der Waals surface area contributed by atoms with Crippen molar-refractivity contribution in [2.24, 2.45) is 5.92 Å². The van der Waals surface area contributed by atoms with E-state index in [2.05, 4.69) is 19.1 Å². The Bertz CT molecular complexity index is 91.1. The van der Waals surface area contributed by atoms with Crippen molar-refractivity contribution >= 4 is 0 Å². The van der Waals surface area contributed by atoms with Crippen LogP contribution in [0.1, 0.15) is 0 Å². The van der Waals surface area contributed by atoms with Crippen LogP contribution in [0.25, 0.3) is 0 Å². The molecule has 0 saturated heterocycles. The first-order chi connectivity index (χ1) is 3.39. The maximum absolute atomic E-state index is 3.80. The molecular weight excluding hydrogens is 147 g/mol. The zero-order valence-corrected chi connectivity index (χ0v) is 7.02. The van der Waals surface area contributed by atoms with Gasteiger partial charge in [0.15, 0.2) is 0 Å². The molecule has 0 aliphatic heterocycles. The second-order valence-corrected chi connectivity index (χ2v) is 1.63. The van der Waals surface area contributed by atoms with Gasteiger partial charge in [-0.05, 0) is 0 Å². The Hall–Kier alpha value is -0.0656. The summed E-state index contributed by atoms with van der Waals surface area (Å²) in [6.45, 7) is 3.80. The molecule has 0 aromatic heterocycles. The molecule has 0 atom stereocenters. The van der Waals surface area contributed by atoms with E-state index in [-0.39, 0.29) is 26.0 Å². The summed E-state index contributed by atoms with van der Waals surface area (Å²) in [6, 6.07) is 0. The Balaban J connectivity index is 0. The van der Waals surface area contributed by atoms with Crippen molar-refractivity contribution in [1.29, 1.82) is 0 Å². The van der Waals surface area contributed by atoms with Crippen molar-refractivity contribution in [3.8, 4) is 0 Å². The van der Waals surface area contributed by atoms with E-state index in [4.69, 9.17) is 0 Å². The second kappa shape index (κ2) is 6.06. The van der Waals surface area contributed by atoms with Crippen LogP contribution >= 0.6 is 0 Å². The zero-order valence-electron chi connectivity index (χ0n) is 5.62. The molecule has 1 aliphatic rings. The Morgan fingerprint density at radius 2 is 1.67 bits per heavy atom. The first-order valence-electron chi connectivity index (χ1n) is 2.41. The van der Waals surface area contributed by atoms with Crippen molar-refractivity contribution in [1.82, 2.24) is 0 Å². The summed E-state index contributed by atoms with van der Waals surface area (Å²) in [5, 5.41) is 0. The molecule has 1 radical (unpaired) electrons. The third-order valence-corrected chi connectivity index (χ3v) is 0.939. The summed E-state index contributed by atoms with van der Waals surface area (Å²) in [5.41, 5.74) is 0. The minimum atomic E-state index is 0. The fourth-order valence-corrected chi connectivity index (χ4v) is 0.542. The molecule has 0 unspecified atom stereocenters. The van der Waals surface area contributed by atoms with Gasteiger partial charge in [-0.3, -0.25) is 0 Å². The van der Waals surface area contributed by atoms with E-state index in [1.165, 1.54) is 0 Å². The van der Waals surface area contributed by atoms with Crippen LogP contribution in [0.5, 0.6) is 0 Å². The molecule has 0 aromatic carbocycles. The SMILES string of the molecule is [CH2-]C1C=C[CH-]C=C1.[CH3-].[V]. The van der Waals surface area contributed by atoms with Crippen molar-refractivity contribution in [2.45, 2.75) is 0 Å². The van der Waals surface area contributed by atoms with Gasteiger partial charge < -0.3 is 14.4 Å². The third kappa shape index (κ3) is 4.44. The van der Waals surface area contributed by atoms with Crippen LogP contribution in [0.3, 0.4) is 0 Å². The van der Waals surface area contributed by atoms with E-state index < -0.39 is 0 Å². The summed E-state index contributed by atoms with van der Waals surface area (Å²) in [7, 11) is 0. The van der Waals surface area contributed by atoms with Crippen LogP contribution in [0.15, 0.2) is 24.3 Å². The van der Waals surface area contributed by atoms with Crippen molar-refractivity contribution in [3.05, 3.63) is 45.1 Å². The number of hydrogen-bond acceptors (Lipinski definition) is 0. The van der Waals surface area contributed by atoms with Crippen LogP contribution in [0.4, 0.5) is 0 Å². The first kappa shape index (κ1) is 11.7. The predicted octanol–water partition coefficient (Wildman–Crippen LogP) is 2.21. The van der Waals surface area contributed by atoms with Crippen LogP contribution in [-0.2, 0) is 18.6 Å². The molecule has 1 rings (SSSR count). The van der Waals surface area contributed by atoms with E-state index in [0.717, 1.165) is 0 Å². The van der Waals surface area contributed by atoms with E-state index in [1.54, 1.807) is 0 Å². The fraction of sp³-hybridized carbons (Fsp3) is 0.125. The summed E-state index contributed by atoms with van der Waals surface area (Å²) >= 11 is 0. The molecule has 0 N–H and O–H groups in total. The van der Waals surface area contributed by atoms with Gasteiger partial charge >= 0.3 is 0 Å². The molecule has 0 heterocycles. The van der Waals surface area contributed by atoms with Crippen LogP contribution in [0, 0.1) is 26.7 Å². The molecule has 0 nitrogen and oxygen atoms in total. The third-order valence-electron chi connectivity index (χ3n) is 0.939. The van der Waals surface area contributed by atoms with E-state index in [0.29, 0.717) is 5.92 Å². The molecule has 0 aromatic rings. The molecular formula is C8H11V-3. The van der Waals surface area contributed by atoms with Crippen LogP contribution in [0.2, 0.25) is 0 Å². The smallest absolute Gasteiger partial charge is 0 e. The largest absolute Gasteiger partial charge is 0.358 e. The van der Waals surface area contributed by atoms with Crippen LogP contribution in [-0.4, -0.2) is 0 Å². The summed E-state index contributed by atoms with van der Waals surface area (Å²) < 4.78 is 0.